The van der Waals surface area contributed by atoms with Gasteiger partial charge in [-0.05, 0) is 47.4 Å². The molecule has 1 aromatic heterocycles. The second kappa shape index (κ2) is 9.65. The maximum Gasteiger partial charge on any atom is 0.453 e. The average molecular weight is 512 g/mol. The Bertz CT molecular complexity index is 1510. The zero-order chi connectivity index (χ0) is 27.0. The average Bonchev–Trinajstić information content (AvgIpc) is 2.84. The van der Waals surface area contributed by atoms with Gasteiger partial charge in [0.2, 0.25) is 11.2 Å². The number of alkyl halides is 3. The van der Waals surface area contributed by atoms with Gasteiger partial charge in [-0.25, -0.2) is 4.79 Å². The van der Waals surface area contributed by atoms with E-state index < -0.39 is 34.7 Å². The van der Waals surface area contributed by atoms with E-state index in [2.05, 4.69) is 0 Å². The highest BCUT2D eigenvalue weighted by molar-refractivity contribution is 5.91. The number of rotatable bonds is 5. The molecule has 0 atom stereocenters. The number of halogens is 3. The van der Waals surface area contributed by atoms with Crippen LogP contribution in [0.2, 0.25) is 0 Å². The monoisotopic (exact) mass is 512 g/mol. The second-order valence-electron chi connectivity index (χ2n) is 9.24. The largest absolute Gasteiger partial charge is 0.497 e. The molecule has 1 heterocycles. The summed E-state index contributed by atoms with van der Waals surface area (Å²) in [6.07, 6.45) is -5.04. The Morgan fingerprint density at radius 3 is 2.16 bits per heavy atom. The first kappa shape index (κ1) is 25.8. The summed E-state index contributed by atoms with van der Waals surface area (Å²) >= 11 is 0. The Hall–Kier alpha value is -4.27. The van der Waals surface area contributed by atoms with Gasteiger partial charge in [0.15, 0.2) is 0 Å². The number of hydrogen-bond donors (Lipinski definition) is 0. The number of ether oxygens (including phenoxy) is 3. The molecule has 0 saturated heterocycles. The first-order valence-electron chi connectivity index (χ1n) is 11.2. The van der Waals surface area contributed by atoms with Crippen LogP contribution in [0.5, 0.6) is 23.0 Å². The van der Waals surface area contributed by atoms with Crippen LogP contribution in [0.15, 0.2) is 75.9 Å². The van der Waals surface area contributed by atoms with Gasteiger partial charge in [-0.3, -0.25) is 4.79 Å². The van der Waals surface area contributed by atoms with Gasteiger partial charge in [-0.15, -0.1) is 0 Å². The van der Waals surface area contributed by atoms with Gasteiger partial charge in [-0.2, -0.15) is 13.2 Å². The van der Waals surface area contributed by atoms with Crippen molar-refractivity contribution < 1.29 is 36.6 Å². The maximum atomic E-state index is 13.8. The standard InChI is InChI=1S/C28H23F3O6/c1-27(2,3)17-10-8-16(9-11-17)26(33)36-20-12-13-21-22(15-20)37-25(28(29,30)31)24(23(21)32)35-19-7-5-6-18(14-19)34-4/h5-15H,1-4H3. The molecule has 0 amide bonds. The number of carbonyl (C=O) groups excluding carboxylic acids is 1. The smallest absolute Gasteiger partial charge is 0.453 e. The Morgan fingerprint density at radius 2 is 1.54 bits per heavy atom. The van der Waals surface area contributed by atoms with Crippen molar-refractivity contribution in [2.75, 3.05) is 7.11 Å². The van der Waals surface area contributed by atoms with Crippen LogP contribution in [-0.2, 0) is 11.6 Å². The number of benzene rings is 3. The highest BCUT2D eigenvalue weighted by Crippen LogP contribution is 2.39. The van der Waals surface area contributed by atoms with Crippen molar-refractivity contribution in [3.63, 3.8) is 0 Å². The van der Waals surface area contributed by atoms with E-state index in [9.17, 15) is 22.8 Å². The minimum absolute atomic E-state index is 0.0421. The zero-order valence-corrected chi connectivity index (χ0v) is 20.4. The van der Waals surface area contributed by atoms with E-state index in [1.165, 1.54) is 37.4 Å². The number of methoxy groups -OCH3 is 1. The third-order valence-corrected chi connectivity index (χ3v) is 5.54. The minimum Gasteiger partial charge on any atom is -0.497 e. The van der Waals surface area contributed by atoms with Gasteiger partial charge in [-0.1, -0.05) is 39.0 Å². The van der Waals surface area contributed by atoms with Crippen LogP contribution in [0.25, 0.3) is 11.0 Å². The molecule has 0 radical (unpaired) electrons. The SMILES string of the molecule is COc1cccc(Oc2c(C(F)(F)F)oc3cc(OC(=O)c4ccc(C(C)(C)C)cc4)ccc3c2=O)c1. The molecule has 0 saturated carbocycles. The second-order valence-corrected chi connectivity index (χ2v) is 9.24. The quantitative estimate of drug-likeness (QED) is 0.209. The predicted octanol–water partition coefficient (Wildman–Crippen LogP) is 7.13. The van der Waals surface area contributed by atoms with Crippen molar-refractivity contribution in [3.05, 3.63) is 93.8 Å². The molecule has 4 rings (SSSR count). The van der Waals surface area contributed by atoms with Gasteiger partial charge in [0.1, 0.15) is 22.8 Å². The first-order valence-corrected chi connectivity index (χ1v) is 11.2. The van der Waals surface area contributed by atoms with Crippen LogP contribution < -0.4 is 19.6 Å². The van der Waals surface area contributed by atoms with E-state index >= 15 is 0 Å². The van der Waals surface area contributed by atoms with E-state index in [-0.39, 0.29) is 27.9 Å². The summed E-state index contributed by atoms with van der Waals surface area (Å²) in [5.41, 5.74) is -0.282. The van der Waals surface area contributed by atoms with Gasteiger partial charge >= 0.3 is 12.1 Å². The normalized spacial score (nSPS) is 11.9. The molecule has 0 aliphatic heterocycles. The Labute approximate surface area is 210 Å². The summed E-state index contributed by atoms with van der Waals surface area (Å²) < 4.78 is 62.2. The molecule has 0 unspecified atom stereocenters. The lowest BCUT2D eigenvalue weighted by Crippen LogP contribution is -2.16. The molecule has 9 heteroatoms. The molecule has 4 aromatic rings. The van der Waals surface area contributed by atoms with E-state index in [4.69, 9.17) is 18.6 Å². The van der Waals surface area contributed by atoms with Crippen LogP contribution in [-0.4, -0.2) is 13.1 Å². The van der Waals surface area contributed by atoms with Gasteiger partial charge in [0, 0.05) is 12.1 Å². The van der Waals surface area contributed by atoms with Crippen LogP contribution in [0.1, 0.15) is 42.5 Å². The lowest BCUT2D eigenvalue weighted by molar-refractivity contribution is -0.154. The predicted molar refractivity (Wildman–Crippen MR) is 131 cm³/mol. The molecule has 3 aromatic carbocycles. The molecule has 192 valence electrons. The summed E-state index contributed by atoms with van der Waals surface area (Å²) in [7, 11) is 1.38. The van der Waals surface area contributed by atoms with Gasteiger partial charge in [0.05, 0.1) is 18.1 Å². The number of fused-ring (bicyclic) bond motifs is 1. The van der Waals surface area contributed by atoms with E-state index in [0.29, 0.717) is 5.75 Å². The lowest BCUT2D eigenvalue weighted by Gasteiger charge is -2.18. The third-order valence-electron chi connectivity index (χ3n) is 5.54. The summed E-state index contributed by atoms with van der Waals surface area (Å²) in [6, 6.07) is 16.2. The first-order chi connectivity index (χ1) is 17.4. The fraction of sp³-hybridized carbons (Fsp3) is 0.214. The topological polar surface area (TPSA) is 75.0 Å². The highest BCUT2D eigenvalue weighted by atomic mass is 19.4. The molecule has 0 spiro atoms. The number of esters is 1. The Balaban J connectivity index is 1.69. The molecule has 0 N–H and O–H groups in total. The number of carbonyl (C=O) groups is 1. The van der Waals surface area contributed by atoms with Crippen LogP contribution in [0.3, 0.4) is 0 Å². The fourth-order valence-electron chi connectivity index (χ4n) is 3.55. The van der Waals surface area contributed by atoms with Crippen molar-refractivity contribution >= 4 is 16.9 Å². The number of hydrogen-bond acceptors (Lipinski definition) is 6. The third kappa shape index (κ3) is 5.61. The fourth-order valence-corrected chi connectivity index (χ4v) is 3.55. The summed E-state index contributed by atoms with van der Waals surface area (Å²) in [6.45, 7) is 6.10. The van der Waals surface area contributed by atoms with Crippen LogP contribution in [0, 0.1) is 0 Å². The molecule has 0 fully saturated rings. The molecule has 6 nitrogen and oxygen atoms in total. The summed E-state index contributed by atoms with van der Waals surface area (Å²) in [5, 5.41) is -0.180. The van der Waals surface area contributed by atoms with E-state index in [0.717, 1.165) is 11.6 Å². The maximum absolute atomic E-state index is 13.8. The molecule has 0 aliphatic carbocycles. The van der Waals surface area contributed by atoms with Crippen molar-refractivity contribution in [1.82, 2.24) is 0 Å². The van der Waals surface area contributed by atoms with Crippen LogP contribution >= 0.6 is 0 Å². The molecular formula is C28H23F3O6. The van der Waals surface area contributed by atoms with E-state index in [1.807, 2.05) is 20.8 Å². The zero-order valence-electron chi connectivity index (χ0n) is 20.4. The molecule has 37 heavy (non-hydrogen) atoms. The lowest BCUT2D eigenvalue weighted by atomic mass is 9.87. The van der Waals surface area contributed by atoms with Crippen molar-refractivity contribution in [1.29, 1.82) is 0 Å². The van der Waals surface area contributed by atoms with Crippen LogP contribution in [0.4, 0.5) is 13.2 Å². The minimum atomic E-state index is -5.04. The van der Waals surface area contributed by atoms with Crippen molar-refractivity contribution in [2.45, 2.75) is 32.4 Å². The van der Waals surface area contributed by atoms with Crippen molar-refractivity contribution in [2.24, 2.45) is 0 Å². The van der Waals surface area contributed by atoms with Gasteiger partial charge in [0.25, 0.3) is 5.76 Å². The summed E-state index contributed by atoms with van der Waals surface area (Å²) in [4.78, 5) is 25.6. The molecule has 0 aliphatic rings. The summed E-state index contributed by atoms with van der Waals surface area (Å²) in [5.74, 6) is -3.15. The van der Waals surface area contributed by atoms with E-state index in [1.54, 1.807) is 30.3 Å². The molecule has 0 bridgehead atoms. The Morgan fingerprint density at radius 1 is 0.865 bits per heavy atom. The highest BCUT2D eigenvalue weighted by Gasteiger charge is 2.40. The Kier molecular flexibility index (Phi) is 6.73. The van der Waals surface area contributed by atoms with Gasteiger partial charge < -0.3 is 18.6 Å². The molecular weight excluding hydrogens is 489 g/mol. The van der Waals surface area contributed by atoms with Crippen molar-refractivity contribution in [3.8, 4) is 23.0 Å².